The van der Waals surface area contributed by atoms with Crippen LogP contribution in [-0.4, -0.2) is 36.2 Å². The van der Waals surface area contributed by atoms with Crippen LogP contribution in [0.25, 0.3) is 0 Å². The molecule has 0 heterocycles. The Hall–Kier alpha value is -1.06. The third-order valence-corrected chi connectivity index (χ3v) is 3.64. The highest BCUT2D eigenvalue weighted by atomic mass is 16.5. The summed E-state index contributed by atoms with van der Waals surface area (Å²) < 4.78 is 5.71. The van der Waals surface area contributed by atoms with Crippen molar-refractivity contribution in [2.75, 3.05) is 26.2 Å². The first-order chi connectivity index (χ1) is 9.67. The smallest absolute Gasteiger partial charge is 0.119 e. The van der Waals surface area contributed by atoms with Gasteiger partial charge in [-0.3, -0.25) is 0 Å². The molecule has 0 saturated carbocycles. The predicted octanol–water partition coefficient (Wildman–Crippen LogP) is 3.63. The monoisotopic (exact) mass is 279 g/mol. The summed E-state index contributed by atoms with van der Waals surface area (Å²) in [6.45, 7) is 10.4. The fourth-order valence-corrected chi connectivity index (χ4v) is 2.19. The molecular weight excluding hydrogens is 250 g/mol. The second-order valence-corrected chi connectivity index (χ2v) is 5.18. The van der Waals surface area contributed by atoms with E-state index in [1.54, 1.807) is 6.92 Å². The summed E-state index contributed by atoms with van der Waals surface area (Å²) in [6, 6.07) is 7.69. The first-order valence-corrected chi connectivity index (χ1v) is 7.80. The maximum Gasteiger partial charge on any atom is 0.119 e. The summed E-state index contributed by atoms with van der Waals surface area (Å²) in [5.74, 6) is 0.887. The van der Waals surface area contributed by atoms with Gasteiger partial charge in [-0.2, -0.15) is 0 Å². The highest BCUT2D eigenvalue weighted by molar-refractivity contribution is 5.28. The summed E-state index contributed by atoms with van der Waals surface area (Å²) in [4.78, 5) is 2.45. The Bertz CT molecular complexity index is 345. The number of ether oxygens (including phenoxy) is 1. The van der Waals surface area contributed by atoms with Crippen molar-refractivity contribution in [1.82, 2.24) is 4.90 Å². The quantitative estimate of drug-likeness (QED) is 0.664. The van der Waals surface area contributed by atoms with E-state index in [9.17, 15) is 5.11 Å². The zero-order valence-corrected chi connectivity index (χ0v) is 13.1. The Balaban J connectivity index is 2.12. The zero-order valence-electron chi connectivity index (χ0n) is 13.1. The van der Waals surface area contributed by atoms with E-state index in [1.165, 1.54) is 19.4 Å². The lowest BCUT2D eigenvalue weighted by Gasteiger charge is -2.17. The van der Waals surface area contributed by atoms with Crippen LogP contribution in [0.5, 0.6) is 5.75 Å². The average molecular weight is 279 g/mol. The zero-order chi connectivity index (χ0) is 14.8. The molecule has 1 unspecified atom stereocenters. The van der Waals surface area contributed by atoms with E-state index in [0.717, 1.165) is 37.4 Å². The summed E-state index contributed by atoms with van der Waals surface area (Å²) in [5.41, 5.74) is 0.927. The summed E-state index contributed by atoms with van der Waals surface area (Å²) in [5, 5.41) is 9.43. The van der Waals surface area contributed by atoms with Gasteiger partial charge >= 0.3 is 0 Å². The van der Waals surface area contributed by atoms with E-state index in [1.807, 2.05) is 24.3 Å². The van der Waals surface area contributed by atoms with Gasteiger partial charge in [0.15, 0.2) is 0 Å². The van der Waals surface area contributed by atoms with Crippen LogP contribution in [0.1, 0.15) is 51.7 Å². The van der Waals surface area contributed by atoms with Crippen LogP contribution in [-0.2, 0) is 0 Å². The number of aliphatic hydroxyl groups is 1. The lowest BCUT2D eigenvalue weighted by Crippen LogP contribution is -2.23. The lowest BCUT2D eigenvalue weighted by atomic mass is 10.1. The van der Waals surface area contributed by atoms with Gasteiger partial charge in [0.1, 0.15) is 5.75 Å². The van der Waals surface area contributed by atoms with Gasteiger partial charge in [0.2, 0.25) is 0 Å². The Morgan fingerprint density at radius 3 is 2.25 bits per heavy atom. The van der Waals surface area contributed by atoms with Gasteiger partial charge in [-0.05, 0) is 63.5 Å². The lowest BCUT2D eigenvalue weighted by molar-refractivity contribution is 0.199. The number of hydrogen-bond donors (Lipinski definition) is 1. The minimum atomic E-state index is -0.413. The van der Waals surface area contributed by atoms with E-state index in [0.29, 0.717) is 0 Å². The molecule has 1 atom stereocenters. The van der Waals surface area contributed by atoms with Crippen molar-refractivity contribution in [3.63, 3.8) is 0 Å². The van der Waals surface area contributed by atoms with Gasteiger partial charge in [0.05, 0.1) is 12.7 Å². The molecule has 3 nitrogen and oxygen atoms in total. The summed E-state index contributed by atoms with van der Waals surface area (Å²) >= 11 is 0. The molecule has 0 amide bonds. The number of rotatable bonds is 10. The van der Waals surface area contributed by atoms with Crippen LogP contribution >= 0.6 is 0 Å². The molecule has 3 heteroatoms. The second kappa shape index (κ2) is 9.78. The van der Waals surface area contributed by atoms with Crippen molar-refractivity contribution in [1.29, 1.82) is 0 Å². The molecule has 0 aliphatic rings. The minimum Gasteiger partial charge on any atom is -0.494 e. The van der Waals surface area contributed by atoms with Gasteiger partial charge in [-0.15, -0.1) is 0 Å². The normalized spacial score (nSPS) is 12.7. The number of nitrogens with zero attached hydrogens (tertiary/aromatic N) is 1. The maximum atomic E-state index is 9.43. The molecule has 0 fully saturated rings. The highest BCUT2D eigenvalue weighted by Crippen LogP contribution is 2.17. The van der Waals surface area contributed by atoms with Gasteiger partial charge in [0.25, 0.3) is 0 Å². The largest absolute Gasteiger partial charge is 0.494 e. The molecule has 1 rings (SSSR count). The van der Waals surface area contributed by atoms with Crippen molar-refractivity contribution in [3.05, 3.63) is 29.8 Å². The predicted molar refractivity (Wildman–Crippen MR) is 84.2 cm³/mol. The van der Waals surface area contributed by atoms with Crippen LogP contribution < -0.4 is 4.74 Å². The number of hydrogen-bond acceptors (Lipinski definition) is 3. The number of aliphatic hydroxyl groups excluding tert-OH is 1. The Morgan fingerprint density at radius 2 is 1.70 bits per heavy atom. The maximum absolute atomic E-state index is 9.43. The summed E-state index contributed by atoms with van der Waals surface area (Å²) in [7, 11) is 0. The van der Waals surface area contributed by atoms with Crippen LogP contribution in [0, 0.1) is 0 Å². The van der Waals surface area contributed by atoms with Gasteiger partial charge in [0, 0.05) is 0 Å². The van der Waals surface area contributed by atoms with Crippen molar-refractivity contribution >= 4 is 0 Å². The molecule has 1 N–H and O–H groups in total. The van der Waals surface area contributed by atoms with E-state index in [4.69, 9.17) is 4.74 Å². The molecule has 0 aliphatic carbocycles. The van der Waals surface area contributed by atoms with Crippen molar-refractivity contribution in [2.24, 2.45) is 0 Å². The molecule has 0 saturated heterocycles. The highest BCUT2D eigenvalue weighted by Gasteiger charge is 2.01. The third-order valence-electron chi connectivity index (χ3n) is 3.64. The molecule has 0 spiro atoms. The molecular formula is C17H29NO2. The average Bonchev–Trinajstić information content (AvgIpc) is 2.47. The van der Waals surface area contributed by atoms with Crippen LogP contribution in [0.15, 0.2) is 24.3 Å². The number of benzene rings is 1. The van der Waals surface area contributed by atoms with Crippen LogP contribution in [0.2, 0.25) is 0 Å². The molecule has 1 aromatic carbocycles. The number of unbranched alkanes of at least 4 members (excludes halogenated alkanes) is 2. The van der Waals surface area contributed by atoms with E-state index in [2.05, 4.69) is 18.7 Å². The van der Waals surface area contributed by atoms with Crippen LogP contribution in [0.4, 0.5) is 0 Å². The molecule has 114 valence electrons. The standard InChI is InChI=1S/C17H29NO2/c1-4-18(5-2)13-7-6-8-14-20-17-11-9-16(10-12-17)15(3)19/h9-12,15,19H,4-8,13-14H2,1-3H3. The first kappa shape index (κ1) is 17.0. The SMILES string of the molecule is CCN(CC)CCCCCOc1ccc(C(C)O)cc1. The van der Waals surface area contributed by atoms with E-state index >= 15 is 0 Å². The van der Waals surface area contributed by atoms with Gasteiger partial charge < -0.3 is 14.7 Å². The molecule has 0 aliphatic heterocycles. The van der Waals surface area contributed by atoms with Crippen LogP contribution in [0.3, 0.4) is 0 Å². The van der Waals surface area contributed by atoms with Crippen molar-refractivity contribution < 1.29 is 9.84 Å². The Morgan fingerprint density at radius 1 is 1.05 bits per heavy atom. The van der Waals surface area contributed by atoms with E-state index in [-0.39, 0.29) is 0 Å². The van der Waals surface area contributed by atoms with Gasteiger partial charge in [-0.25, -0.2) is 0 Å². The molecule has 20 heavy (non-hydrogen) atoms. The van der Waals surface area contributed by atoms with Crippen molar-refractivity contribution in [2.45, 2.75) is 46.1 Å². The van der Waals surface area contributed by atoms with Crippen molar-refractivity contribution in [3.8, 4) is 5.75 Å². The Kier molecular flexibility index (Phi) is 8.31. The molecule has 0 radical (unpaired) electrons. The van der Waals surface area contributed by atoms with Gasteiger partial charge in [-0.1, -0.05) is 26.0 Å². The minimum absolute atomic E-state index is 0.413. The van der Waals surface area contributed by atoms with E-state index < -0.39 is 6.10 Å². The summed E-state index contributed by atoms with van der Waals surface area (Å²) in [6.07, 6.45) is 3.14. The molecule has 1 aromatic rings. The molecule has 0 aromatic heterocycles. The third kappa shape index (κ3) is 6.40. The fourth-order valence-electron chi connectivity index (χ4n) is 2.19. The fraction of sp³-hybridized carbons (Fsp3) is 0.647. The topological polar surface area (TPSA) is 32.7 Å². The molecule has 0 bridgehead atoms. The Labute approximate surface area is 123 Å². The second-order valence-electron chi connectivity index (χ2n) is 5.18. The first-order valence-electron chi connectivity index (χ1n) is 7.80.